The maximum absolute atomic E-state index is 13.4. The first-order valence-corrected chi connectivity index (χ1v) is 11.4. The number of carbonyl (C=O) groups is 2. The van der Waals surface area contributed by atoms with E-state index in [1.807, 2.05) is 68.4 Å². The zero-order chi connectivity index (χ0) is 22.5. The van der Waals surface area contributed by atoms with Crippen LogP contribution >= 0.6 is 11.3 Å². The van der Waals surface area contributed by atoms with Crippen LogP contribution in [0.1, 0.15) is 21.5 Å². The van der Waals surface area contributed by atoms with Crippen LogP contribution in [0.2, 0.25) is 0 Å². The van der Waals surface area contributed by atoms with E-state index in [9.17, 15) is 9.59 Å². The fraction of sp³-hybridized carbons (Fsp3) is 0.280. The molecule has 7 heteroatoms. The summed E-state index contributed by atoms with van der Waals surface area (Å²) in [6.45, 7) is 5.89. The van der Waals surface area contributed by atoms with E-state index >= 15 is 0 Å². The molecule has 2 aromatic carbocycles. The van der Waals surface area contributed by atoms with Crippen LogP contribution in [-0.2, 0) is 9.53 Å². The number of ether oxygens (including phenoxy) is 2. The van der Waals surface area contributed by atoms with E-state index in [0.717, 1.165) is 21.6 Å². The van der Waals surface area contributed by atoms with Gasteiger partial charge in [-0.05, 0) is 42.7 Å². The highest BCUT2D eigenvalue weighted by Crippen LogP contribution is 2.40. The van der Waals surface area contributed by atoms with Crippen LogP contribution in [0, 0.1) is 13.8 Å². The summed E-state index contributed by atoms with van der Waals surface area (Å²) >= 11 is 1.42. The third kappa shape index (κ3) is 5.00. The normalized spacial score (nSPS) is 13.6. The fourth-order valence-electron chi connectivity index (χ4n) is 3.67. The molecule has 1 aliphatic heterocycles. The average molecular weight is 451 g/mol. The van der Waals surface area contributed by atoms with Crippen molar-refractivity contribution in [3.05, 3.63) is 71.3 Å². The summed E-state index contributed by atoms with van der Waals surface area (Å²) in [5.74, 6) is 0.250. The number of nitrogens with one attached hydrogen (secondary N) is 1. The van der Waals surface area contributed by atoms with Gasteiger partial charge in [0.15, 0.2) is 6.61 Å². The van der Waals surface area contributed by atoms with E-state index in [0.29, 0.717) is 42.6 Å². The third-order valence-electron chi connectivity index (χ3n) is 5.31. The van der Waals surface area contributed by atoms with Gasteiger partial charge in [0.25, 0.3) is 11.8 Å². The first kappa shape index (κ1) is 22.0. The van der Waals surface area contributed by atoms with Gasteiger partial charge in [0, 0.05) is 18.0 Å². The molecule has 0 radical (unpaired) electrons. The minimum Gasteiger partial charge on any atom is -0.484 e. The SMILES string of the molecule is Cc1cccc(OCC(=O)Nc2sc(-c3ccccc3)c(C)c2C(=O)N2CCOCC2)c1. The van der Waals surface area contributed by atoms with E-state index in [1.165, 1.54) is 11.3 Å². The number of rotatable bonds is 6. The molecule has 1 saturated heterocycles. The summed E-state index contributed by atoms with van der Waals surface area (Å²) in [4.78, 5) is 28.8. The number of aryl methyl sites for hydroxylation is 1. The zero-order valence-electron chi connectivity index (χ0n) is 18.2. The molecule has 3 aromatic rings. The van der Waals surface area contributed by atoms with Gasteiger partial charge in [-0.15, -0.1) is 11.3 Å². The number of anilines is 1. The zero-order valence-corrected chi connectivity index (χ0v) is 19.0. The van der Waals surface area contributed by atoms with Gasteiger partial charge < -0.3 is 19.7 Å². The van der Waals surface area contributed by atoms with E-state index in [2.05, 4.69) is 5.32 Å². The number of amides is 2. The first-order valence-electron chi connectivity index (χ1n) is 10.6. The van der Waals surface area contributed by atoms with Gasteiger partial charge in [0.05, 0.1) is 18.8 Å². The minimum absolute atomic E-state index is 0.0841. The van der Waals surface area contributed by atoms with Crippen LogP contribution < -0.4 is 10.1 Å². The van der Waals surface area contributed by atoms with Crippen LogP contribution in [0.5, 0.6) is 5.75 Å². The largest absolute Gasteiger partial charge is 0.484 e. The average Bonchev–Trinajstić information content (AvgIpc) is 3.14. The number of morpholine rings is 1. The van der Waals surface area contributed by atoms with Gasteiger partial charge in [-0.25, -0.2) is 0 Å². The van der Waals surface area contributed by atoms with Gasteiger partial charge in [-0.1, -0.05) is 42.5 Å². The summed E-state index contributed by atoms with van der Waals surface area (Å²) in [5, 5.41) is 3.47. The molecule has 1 aromatic heterocycles. The Hall–Kier alpha value is -3.16. The van der Waals surface area contributed by atoms with Crippen molar-refractivity contribution in [3.63, 3.8) is 0 Å². The Morgan fingerprint density at radius 1 is 1.06 bits per heavy atom. The summed E-state index contributed by atoms with van der Waals surface area (Å²) in [5.41, 5.74) is 3.48. The van der Waals surface area contributed by atoms with Crippen molar-refractivity contribution in [3.8, 4) is 16.2 Å². The molecule has 0 aliphatic carbocycles. The van der Waals surface area contributed by atoms with Crippen LogP contribution in [0.3, 0.4) is 0 Å². The Balaban J connectivity index is 1.59. The van der Waals surface area contributed by atoms with Gasteiger partial charge in [0.2, 0.25) is 0 Å². The molecule has 0 bridgehead atoms. The van der Waals surface area contributed by atoms with Crippen molar-refractivity contribution >= 4 is 28.2 Å². The van der Waals surface area contributed by atoms with Crippen LogP contribution in [0.25, 0.3) is 10.4 Å². The molecule has 0 spiro atoms. The molecule has 0 atom stereocenters. The predicted octanol–water partition coefficient (Wildman–Crippen LogP) is 4.52. The number of benzene rings is 2. The lowest BCUT2D eigenvalue weighted by molar-refractivity contribution is -0.118. The molecule has 166 valence electrons. The second kappa shape index (κ2) is 9.97. The van der Waals surface area contributed by atoms with Crippen LogP contribution in [0.4, 0.5) is 5.00 Å². The van der Waals surface area contributed by atoms with Crippen molar-refractivity contribution < 1.29 is 19.1 Å². The Morgan fingerprint density at radius 3 is 2.53 bits per heavy atom. The Labute approximate surface area is 191 Å². The van der Waals surface area contributed by atoms with Crippen molar-refractivity contribution in [1.82, 2.24) is 4.90 Å². The Bertz CT molecular complexity index is 1100. The van der Waals surface area contributed by atoms with Crippen molar-refractivity contribution in [1.29, 1.82) is 0 Å². The third-order valence-corrected chi connectivity index (χ3v) is 6.56. The van der Waals surface area contributed by atoms with Crippen molar-refractivity contribution in [2.45, 2.75) is 13.8 Å². The highest BCUT2D eigenvalue weighted by Gasteiger charge is 2.28. The molecule has 4 rings (SSSR count). The lowest BCUT2D eigenvalue weighted by Crippen LogP contribution is -2.41. The van der Waals surface area contributed by atoms with Gasteiger partial charge >= 0.3 is 0 Å². The molecule has 2 heterocycles. The molecule has 0 saturated carbocycles. The summed E-state index contributed by atoms with van der Waals surface area (Å²) < 4.78 is 11.0. The molecular weight excluding hydrogens is 424 g/mol. The standard InChI is InChI=1S/C25H26N2O4S/c1-17-7-6-10-20(15-17)31-16-21(28)26-24-22(25(29)27-11-13-30-14-12-27)18(2)23(32-24)19-8-4-3-5-9-19/h3-10,15H,11-14,16H2,1-2H3,(H,26,28). The molecular formula is C25H26N2O4S. The number of thiophene rings is 1. The summed E-state index contributed by atoms with van der Waals surface area (Å²) in [7, 11) is 0. The second-order valence-electron chi connectivity index (χ2n) is 7.68. The molecule has 6 nitrogen and oxygen atoms in total. The first-order chi connectivity index (χ1) is 15.5. The second-order valence-corrected chi connectivity index (χ2v) is 8.70. The topological polar surface area (TPSA) is 67.9 Å². The lowest BCUT2D eigenvalue weighted by atomic mass is 10.1. The van der Waals surface area contributed by atoms with E-state index < -0.39 is 0 Å². The molecule has 1 N–H and O–H groups in total. The minimum atomic E-state index is -0.302. The summed E-state index contributed by atoms with van der Waals surface area (Å²) in [6, 6.07) is 17.4. The van der Waals surface area contributed by atoms with Crippen molar-refractivity contribution in [2.24, 2.45) is 0 Å². The molecule has 2 amide bonds. The Kier molecular flexibility index (Phi) is 6.87. The summed E-state index contributed by atoms with van der Waals surface area (Å²) in [6.07, 6.45) is 0. The van der Waals surface area contributed by atoms with E-state index in [4.69, 9.17) is 9.47 Å². The van der Waals surface area contributed by atoms with E-state index in [1.54, 1.807) is 4.90 Å². The maximum Gasteiger partial charge on any atom is 0.262 e. The van der Waals surface area contributed by atoms with E-state index in [-0.39, 0.29) is 18.4 Å². The number of hydrogen-bond donors (Lipinski definition) is 1. The predicted molar refractivity (Wildman–Crippen MR) is 127 cm³/mol. The molecule has 32 heavy (non-hydrogen) atoms. The van der Waals surface area contributed by atoms with Crippen LogP contribution in [-0.4, -0.2) is 49.6 Å². The van der Waals surface area contributed by atoms with Crippen molar-refractivity contribution in [2.75, 3.05) is 38.2 Å². The van der Waals surface area contributed by atoms with Gasteiger partial charge in [-0.2, -0.15) is 0 Å². The smallest absolute Gasteiger partial charge is 0.262 e. The monoisotopic (exact) mass is 450 g/mol. The van der Waals surface area contributed by atoms with Gasteiger partial charge in [-0.3, -0.25) is 9.59 Å². The fourth-order valence-corrected chi connectivity index (χ4v) is 4.89. The quantitative estimate of drug-likeness (QED) is 0.600. The molecule has 0 unspecified atom stereocenters. The maximum atomic E-state index is 13.4. The van der Waals surface area contributed by atoms with Crippen LogP contribution in [0.15, 0.2) is 54.6 Å². The number of carbonyl (C=O) groups excluding carboxylic acids is 2. The van der Waals surface area contributed by atoms with Gasteiger partial charge in [0.1, 0.15) is 10.8 Å². The molecule has 1 aliphatic rings. The highest BCUT2D eigenvalue weighted by molar-refractivity contribution is 7.20. The molecule has 1 fully saturated rings. The number of hydrogen-bond acceptors (Lipinski definition) is 5. The highest BCUT2D eigenvalue weighted by atomic mass is 32.1. The lowest BCUT2D eigenvalue weighted by Gasteiger charge is -2.27. The number of nitrogens with zero attached hydrogens (tertiary/aromatic N) is 1. The Morgan fingerprint density at radius 2 is 1.81 bits per heavy atom.